The Balaban J connectivity index is 1.34. The van der Waals surface area contributed by atoms with Gasteiger partial charge in [-0.15, -0.1) is 0 Å². The van der Waals surface area contributed by atoms with E-state index < -0.39 is 12.1 Å². The number of hydrogen-bond donors (Lipinski definition) is 0. The Hall–Kier alpha value is -3.85. The van der Waals surface area contributed by atoms with Gasteiger partial charge in [0.05, 0.1) is 0 Å². The summed E-state index contributed by atoms with van der Waals surface area (Å²) in [5.41, 5.74) is 1.69. The number of hydrogen-bond acceptors (Lipinski definition) is 3. The molecular formula is C35H40O3. The molecule has 0 N–H and O–H groups in total. The third-order valence-corrected chi connectivity index (χ3v) is 6.20. The van der Waals surface area contributed by atoms with Gasteiger partial charge in [-0.25, -0.2) is 4.79 Å². The molecule has 2 aromatic rings. The van der Waals surface area contributed by atoms with Crippen LogP contribution in [0.2, 0.25) is 0 Å². The lowest BCUT2D eigenvalue weighted by Crippen LogP contribution is -2.16. The third-order valence-electron chi connectivity index (χ3n) is 6.20. The van der Waals surface area contributed by atoms with Gasteiger partial charge in [-0.3, -0.25) is 0 Å². The number of carbonyl (C=O) groups excluding carboxylic acids is 1. The van der Waals surface area contributed by atoms with Gasteiger partial charge in [0.1, 0.15) is 11.5 Å². The van der Waals surface area contributed by atoms with Crippen molar-refractivity contribution in [3.05, 3.63) is 133 Å². The first kappa shape index (κ1) is 28.7. The van der Waals surface area contributed by atoms with E-state index >= 15 is 0 Å². The van der Waals surface area contributed by atoms with E-state index in [9.17, 15) is 4.79 Å². The van der Waals surface area contributed by atoms with Crippen LogP contribution in [0.3, 0.4) is 0 Å². The molecule has 0 saturated carbocycles. The summed E-state index contributed by atoms with van der Waals surface area (Å²) in [7, 11) is 0. The monoisotopic (exact) mass is 508 g/mol. The van der Waals surface area contributed by atoms with E-state index in [1.807, 2.05) is 85.0 Å². The normalized spacial score (nSPS) is 13.8. The van der Waals surface area contributed by atoms with Crippen LogP contribution in [-0.2, 0) is 9.53 Å². The number of carbonyl (C=O) groups is 1. The zero-order valence-corrected chi connectivity index (χ0v) is 22.5. The molecule has 3 heteroatoms. The standard InChI is InChI=1S/C35H40O3/c1-2-3-4-5-6-7-8-9-10-11-12-13-14-15-16-17-18-19-20-29-34(36)38-35-30-25-21-23-27-32(30)37-33-28-24-22-26-31(33)35/h10-29,35H,2-9H2,1H3. The zero-order chi connectivity index (χ0) is 26.7. The topological polar surface area (TPSA) is 35.5 Å². The van der Waals surface area contributed by atoms with Crippen molar-refractivity contribution in [2.75, 3.05) is 0 Å². The molecule has 2 aromatic carbocycles. The zero-order valence-electron chi connectivity index (χ0n) is 22.5. The summed E-state index contributed by atoms with van der Waals surface area (Å²) >= 11 is 0. The predicted octanol–water partition coefficient (Wildman–Crippen LogP) is 9.90. The van der Waals surface area contributed by atoms with Crippen LogP contribution in [0, 0.1) is 0 Å². The highest BCUT2D eigenvalue weighted by Gasteiger charge is 2.29. The number of allylic oxidation sites excluding steroid dienone is 11. The summed E-state index contributed by atoms with van der Waals surface area (Å²) in [6.07, 6.45) is 33.2. The molecule has 0 atom stereocenters. The van der Waals surface area contributed by atoms with Crippen molar-refractivity contribution in [1.82, 2.24) is 0 Å². The van der Waals surface area contributed by atoms with E-state index in [2.05, 4.69) is 25.2 Å². The molecule has 3 nitrogen and oxygen atoms in total. The molecule has 0 amide bonds. The van der Waals surface area contributed by atoms with E-state index in [-0.39, 0.29) is 0 Å². The van der Waals surface area contributed by atoms with Gasteiger partial charge in [0, 0.05) is 17.2 Å². The van der Waals surface area contributed by atoms with Gasteiger partial charge in [-0.1, -0.05) is 149 Å². The Labute approximate surface area is 228 Å². The number of unbranched alkanes of at least 4 members (excludes halogenated alkanes) is 7. The van der Waals surface area contributed by atoms with Crippen molar-refractivity contribution in [2.24, 2.45) is 0 Å². The van der Waals surface area contributed by atoms with E-state index in [0.717, 1.165) is 17.5 Å². The first-order valence-electron chi connectivity index (χ1n) is 13.9. The molecule has 0 radical (unpaired) electrons. The lowest BCUT2D eigenvalue weighted by molar-refractivity contribution is -0.141. The van der Waals surface area contributed by atoms with Gasteiger partial charge in [0.2, 0.25) is 0 Å². The molecule has 0 aliphatic carbocycles. The van der Waals surface area contributed by atoms with Crippen LogP contribution < -0.4 is 4.74 Å². The summed E-state index contributed by atoms with van der Waals surface area (Å²) in [4.78, 5) is 12.5. The predicted molar refractivity (Wildman–Crippen MR) is 158 cm³/mol. The van der Waals surface area contributed by atoms with Crippen LogP contribution in [0.5, 0.6) is 11.5 Å². The Morgan fingerprint density at radius 2 is 1.18 bits per heavy atom. The lowest BCUT2D eigenvalue weighted by Gasteiger charge is -2.27. The molecule has 3 rings (SSSR count). The number of rotatable bonds is 15. The first-order chi connectivity index (χ1) is 18.8. The third kappa shape index (κ3) is 10.3. The number of ether oxygens (including phenoxy) is 2. The SMILES string of the molecule is CCCCCCCCCC=CC=CC=CC=CC=CC=CC(=O)OC1c2ccccc2Oc2ccccc21. The number of benzene rings is 2. The second-order valence-corrected chi connectivity index (χ2v) is 9.23. The van der Waals surface area contributed by atoms with Crippen molar-refractivity contribution in [1.29, 1.82) is 0 Å². The molecule has 1 heterocycles. The molecule has 0 fully saturated rings. The molecule has 0 saturated heterocycles. The van der Waals surface area contributed by atoms with Crippen LogP contribution >= 0.6 is 0 Å². The smallest absolute Gasteiger partial charge is 0.331 e. The number of para-hydroxylation sites is 2. The Morgan fingerprint density at radius 1 is 0.684 bits per heavy atom. The Morgan fingerprint density at radius 3 is 1.79 bits per heavy atom. The minimum absolute atomic E-state index is 0.403. The fourth-order valence-electron chi connectivity index (χ4n) is 4.19. The minimum Gasteiger partial charge on any atom is -0.456 e. The maximum atomic E-state index is 12.5. The lowest BCUT2D eigenvalue weighted by atomic mass is 9.97. The average Bonchev–Trinajstić information content (AvgIpc) is 2.94. The minimum atomic E-state index is -0.495. The summed E-state index contributed by atoms with van der Waals surface area (Å²) in [6, 6.07) is 15.3. The van der Waals surface area contributed by atoms with Gasteiger partial charge < -0.3 is 9.47 Å². The van der Waals surface area contributed by atoms with Gasteiger partial charge in [0.25, 0.3) is 0 Å². The van der Waals surface area contributed by atoms with Crippen molar-refractivity contribution in [2.45, 2.75) is 64.4 Å². The van der Waals surface area contributed by atoms with Gasteiger partial charge in [-0.05, 0) is 25.0 Å². The maximum Gasteiger partial charge on any atom is 0.331 e. The number of fused-ring (bicyclic) bond motifs is 2. The molecule has 38 heavy (non-hydrogen) atoms. The molecule has 0 spiro atoms. The van der Waals surface area contributed by atoms with Crippen molar-refractivity contribution in [3.63, 3.8) is 0 Å². The molecule has 1 aliphatic rings. The molecular weight excluding hydrogens is 468 g/mol. The summed E-state index contributed by atoms with van der Waals surface area (Å²) < 4.78 is 11.8. The quantitative estimate of drug-likeness (QED) is 0.104. The maximum absolute atomic E-state index is 12.5. The van der Waals surface area contributed by atoms with Crippen molar-refractivity contribution < 1.29 is 14.3 Å². The average molecular weight is 509 g/mol. The number of esters is 1. The highest BCUT2D eigenvalue weighted by Crippen LogP contribution is 2.44. The van der Waals surface area contributed by atoms with Crippen LogP contribution in [-0.4, -0.2) is 5.97 Å². The van der Waals surface area contributed by atoms with Gasteiger partial charge >= 0.3 is 5.97 Å². The van der Waals surface area contributed by atoms with E-state index in [1.165, 1.54) is 51.0 Å². The largest absolute Gasteiger partial charge is 0.456 e. The summed E-state index contributed by atoms with van der Waals surface area (Å²) in [6.45, 7) is 2.26. The van der Waals surface area contributed by atoms with E-state index in [4.69, 9.17) is 9.47 Å². The first-order valence-corrected chi connectivity index (χ1v) is 13.9. The highest BCUT2D eigenvalue weighted by molar-refractivity contribution is 5.83. The van der Waals surface area contributed by atoms with Crippen molar-refractivity contribution >= 4 is 5.97 Å². The van der Waals surface area contributed by atoms with Crippen LogP contribution in [0.4, 0.5) is 0 Å². The molecule has 198 valence electrons. The Bertz CT molecular complexity index is 1120. The van der Waals surface area contributed by atoms with E-state index in [0.29, 0.717) is 11.5 Å². The highest BCUT2D eigenvalue weighted by atomic mass is 16.5. The van der Waals surface area contributed by atoms with Crippen LogP contribution in [0.15, 0.2) is 121 Å². The van der Waals surface area contributed by atoms with Gasteiger partial charge in [0.15, 0.2) is 6.10 Å². The van der Waals surface area contributed by atoms with Crippen LogP contribution in [0.25, 0.3) is 0 Å². The fourth-order valence-corrected chi connectivity index (χ4v) is 4.19. The molecule has 0 unspecified atom stereocenters. The second kappa shape index (κ2) is 17.6. The van der Waals surface area contributed by atoms with Gasteiger partial charge in [-0.2, -0.15) is 0 Å². The van der Waals surface area contributed by atoms with Crippen LogP contribution in [0.1, 0.15) is 75.5 Å². The summed E-state index contributed by atoms with van der Waals surface area (Å²) in [5.74, 6) is 1.01. The molecule has 1 aliphatic heterocycles. The molecule has 0 bridgehead atoms. The summed E-state index contributed by atoms with van der Waals surface area (Å²) in [5, 5.41) is 0. The Kier molecular flexibility index (Phi) is 13.3. The van der Waals surface area contributed by atoms with Crippen molar-refractivity contribution in [3.8, 4) is 11.5 Å². The second-order valence-electron chi connectivity index (χ2n) is 9.23. The van der Waals surface area contributed by atoms with E-state index in [1.54, 1.807) is 12.2 Å². The fraction of sp³-hybridized carbons (Fsp3) is 0.286. The molecule has 0 aromatic heterocycles.